The summed E-state index contributed by atoms with van der Waals surface area (Å²) in [4.78, 5) is 33.6. The molecule has 0 unspecified atom stereocenters. The molecule has 0 saturated heterocycles. The Hall–Kier alpha value is -4.09. The highest BCUT2D eigenvalue weighted by molar-refractivity contribution is 5.93. The third-order valence-corrected chi connectivity index (χ3v) is 6.55. The number of nitrogens with zero attached hydrogens (tertiary/aromatic N) is 5. The first-order valence-electron chi connectivity index (χ1n) is 13.4. The van der Waals surface area contributed by atoms with Crippen LogP contribution in [0.2, 0.25) is 0 Å². The van der Waals surface area contributed by atoms with Gasteiger partial charge in [0.25, 0.3) is 5.91 Å². The molecular formula is C28H36FN7O4. The monoisotopic (exact) mass is 553 g/mol. The topological polar surface area (TPSA) is 133 Å². The zero-order valence-corrected chi connectivity index (χ0v) is 23.5. The first-order valence-corrected chi connectivity index (χ1v) is 13.4. The molecule has 1 saturated carbocycles. The van der Waals surface area contributed by atoms with E-state index in [2.05, 4.69) is 30.9 Å². The molecular weight excluding hydrogens is 517 g/mol. The molecule has 1 aliphatic carbocycles. The lowest BCUT2D eigenvalue weighted by molar-refractivity contribution is 0.0485. The number of amides is 2. The predicted molar refractivity (Wildman–Crippen MR) is 145 cm³/mol. The Kier molecular flexibility index (Phi) is 8.96. The van der Waals surface area contributed by atoms with Gasteiger partial charge in [0.15, 0.2) is 11.6 Å². The van der Waals surface area contributed by atoms with Crippen molar-refractivity contribution in [1.29, 1.82) is 0 Å². The number of hydrogen-bond donors (Lipinski definition) is 2. The smallest absolute Gasteiger partial charge is 0.407 e. The number of methoxy groups -OCH3 is 1. The second-order valence-electron chi connectivity index (χ2n) is 11.0. The lowest BCUT2D eigenvalue weighted by atomic mass is 9.86. The van der Waals surface area contributed by atoms with Gasteiger partial charge in [-0.3, -0.25) is 9.48 Å². The van der Waals surface area contributed by atoms with Crippen LogP contribution in [-0.4, -0.2) is 55.7 Å². The number of nitrogens with one attached hydrogen (secondary N) is 2. The summed E-state index contributed by atoms with van der Waals surface area (Å²) in [6.45, 7) is 8.14. The molecule has 1 aliphatic rings. The second kappa shape index (κ2) is 12.4. The number of ether oxygens (including phenoxy) is 2. The molecule has 1 fully saturated rings. The van der Waals surface area contributed by atoms with Crippen LogP contribution in [0.1, 0.15) is 68.3 Å². The van der Waals surface area contributed by atoms with Crippen LogP contribution in [0, 0.1) is 18.7 Å². The van der Waals surface area contributed by atoms with E-state index in [9.17, 15) is 14.0 Å². The maximum Gasteiger partial charge on any atom is 0.407 e. The van der Waals surface area contributed by atoms with Crippen molar-refractivity contribution in [1.82, 2.24) is 35.6 Å². The Balaban J connectivity index is 1.32. The highest BCUT2D eigenvalue weighted by atomic mass is 19.1. The van der Waals surface area contributed by atoms with Crippen molar-refractivity contribution in [2.75, 3.05) is 7.11 Å². The van der Waals surface area contributed by atoms with Gasteiger partial charge in [-0.25, -0.2) is 19.2 Å². The van der Waals surface area contributed by atoms with Crippen molar-refractivity contribution in [3.63, 3.8) is 0 Å². The van der Waals surface area contributed by atoms with Gasteiger partial charge < -0.3 is 20.1 Å². The molecule has 0 radical (unpaired) electrons. The predicted octanol–water partition coefficient (Wildman–Crippen LogP) is 4.20. The molecule has 0 spiro atoms. The Morgan fingerprint density at radius 2 is 1.85 bits per heavy atom. The van der Waals surface area contributed by atoms with Gasteiger partial charge in [0.1, 0.15) is 22.8 Å². The minimum Gasteiger partial charge on any atom is -0.494 e. The Labute approximate surface area is 232 Å². The number of halogens is 1. The molecule has 2 amide bonds. The fourth-order valence-electron chi connectivity index (χ4n) is 4.64. The standard InChI is InChI=1S/C28H36FN7O4/c1-17-31-22(13-23(32-17)26(37)30-14-19-8-11-21(29)25(12-19)39-5)24-16-36(35-34-24)15-18-6-9-20(10-7-18)33-27(38)40-28(2,3)4/h8,11-13,16,18,20H,6-7,9-10,14-15H2,1-5H3,(H,30,37)(H,33,38). The summed E-state index contributed by atoms with van der Waals surface area (Å²) in [7, 11) is 1.39. The number of aryl methyl sites for hydroxylation is 1. The van der Waals surface area contributed by atoms with Crippen LogP contribution >= 0.6 is 0 Å². The fraction of sp³-hybridized carbons (Fsp3) is 0.500. The zero-order valence-electron chi connectivity index (χ0n) is 23.5. The minimum absolute atomic E-state index is 0.107. The third-order valence-electron chi connectivity index (χ3n) is 6.55. The molecule has 1 aromatic carbocycles. The summed E-state index contributed by atoms with van der Waals surface area (Å²) >= 11 is 0. The van der Waals surface area contributed by atoms with E-state index in [1.54, 1.807) is 23.7 Å². The van der Waals surface area contributed by atoms with Gasteiger partial charge in [-0.15, -0.1) is 5.10 Å². The third kappa shape index (κ3) is 7.96. The number of rotatable bonds is 8. The largest absolute Gasteiger partial charge is 0.494 e. The molecule has 214 valence electrons. The van der Waals surface area contributed by atoms with Crippen LogP contribution in [0.4, 0.5) is 9.18 Å². The maximum absolute atomic E-state index is 13.7. The Morgan fingerprint density at radius 3 is 2.55 bits per heavy atom. The average molecular weight is 554 g/mol. The van der Waals surface area contributed by atoms with E-state index < -0.39 is 11.4 Å². The summed E-state index contributed by atoms with van der Waals surface area (Å²) in [6.07, 6.45) is 5.10. The van der Waals surface area contributed by atoms with Crippen molar-refractivity contribution >= 4 is 12.0 Å². The van der Waals surface area contributed by atoms with Crippen LogP contribution in [-0.2, 0) is 17.8 Å². The fourth-order valence-corrected chi connectivity index (χ4v) is 4.64. The van der Waals surface area contributed by atoms with Crippen molar-refractivity contribution in [3.8, 4) is 17.1 Å². The molecule has 0 bridgehead atoms. The lowest BCUT2D eigenvalue weighted by Crippen LogP contribution is -2.41. The molecule has 40 heavy (non-hydrogen) atoms. The number of carbonyl (C=O) groups excluding carboxylic acids is 2. The molecule has 2 heterocycles. The molecule has 2 aromatic heterocycles. The number of hydrogen-bond acceptors (Lipinski definition) is 8. The molecule has 0 aliphatic heterocycles. The molecule has 4 rings (SSSR count). The number of carbonyl (C=O) groups is 2. The molecule has 3 aromatic rings. The highest BCUT2D eigenvalue weighted by Gasteiger charge is 2.25. The van der Waals surface area contributed by atoms with Gasteiger partial charge in [-0.1, -0.05) is 11.3 Å². The van der Waals surface area contributed by atoms with Crippen molar-refractivity contribution in [2.24, 2.45) is 5.92 Å². The van der Waals surface area contributed by atoms with E-state index in [4.69, 9.17) is 9.47 Å². The van der Waals surface area contributed by atoms with Gasteiger partial charge in [-0.2, -0.15) is 0 Å². The van der Waals surface area contributed by atoms with E-state index in [1.807, 2.05) is 27.0 Å². The quantitative estimate of drug-likeness (QED) is 0.424. The Bertz CT molecular complexity index is 1350. The number of benzene rings is 1. The van der Waals surface area contributed by atoms with Gasteiger partial charge in [0.2, 0.25) is 0 Å². The minimum atomic E-state index is -0.516. The van der Waals surface area contributed by atoms with E-state index in [-0.39, 0.29) is 36.0 Å². The summed E-state index contributed by atoms with van der Waals surface area (Å²) in [5, 5.41) is 14.3. The van der Waals surface area contributed by atoms with Crippen molar-refractivity contribution < 1.29 is 23.5 Å². The summed E-state index contributed by atoms with van der Waals surface area (Å²) in [5.74, 6) is 0.0885. The van der Waals surface area contributed by atoms with Crippen LogP contribution < -0.4 is 15.4 Å². The van der Waals surface area contributed by atoms with E-state index >= 15 is 0 Å². The zero-order chi connectivity index (χ0) is 28.9. The first-order chi connectivity index (χ1) is 19.0. The van der Waals surface area contributed by atoms with Gasteiger partial charge in [0.05, 0.1) is 19.0 Å². The molecule has 2 N–H and O–H groups in total. The first kappa shape index (κ1) is 28.9. The lowest BCUT2D eigenvalue weighted by Gasteiger charge is -2.29. The van der Waals surface area contributed by atoms with Crippen LogP contribution in [0.25, 0.3) is 11.4 Å². The van der Waals surface area contributed by atoms with Crippen LogP contribution in [0.5, 0.6) is 5.75 Å². The summed E-state index contributed by atoms with van der Waals surface area (Å²) in [6, 6.07) is 6.10. The molecule has 12 heteroatoms. The molecule has 0 atom stereocenters. The highest BCUT2D eigenvalue weighted by Crippen LogP contribution is 2.26. The maximum atomic E-state index is 13.7. The van der Waals surface area contributed by atoms with Crippen LogP contribution in [0.3, 0.4) is 0 Å². The van der Waals surface area contributed by atoms with E-state index in [1.165, 1.54) is 19.2 Å². The van der Waals surface area contributed by atoms with E-state index in [0.717, 1.165) is 25.7 Å². The van der Waals surface area contributed by atoms with E-state index in [0.29, 0.717) is 35.2 Å². The van der Waals surface area contributed by atoms with Gasteiger partial charge >= 0.3 is 6.09 Å². The van der Waals surface area contributed by atoms with Gasteiger partial charge in [-0.05, 0) is 83.1 Å². The Morgan fingerprint density at radius 1 is 1.10 bits per heavy atom. The summed E-state index contributed by atoms with van der Waals surface area (Å²) in [5.41, 5.74) is 1.41. The molecule has 11 nitrogen and oxygen atoms in total. The number of aromatic nitrogens is 5. The number of alkyl carbamates (subject to hydrolysis) is 1. The summed E-state index contributed by atoms with van der Waals surface area (Å²) < 4.78 is 25.8. The SMILES string of the molecule is COc1cc(CNC(=O)c2cc(-c3cn(CC4CCC(NC(=O)OC(C)(C)C)CC4)nn3)nc(C)n2)ccc1F. The van der Waals surface area contributed by atoms with Crippen LogP contribution in [0.15, 0.2) is 30.5 Å². The normalized spacial score (nSPS) is 17.2. The van der Waals surface area contributed by atoms with Crippen molar-refractivity contribution in [3.05, 3.63) is 53.4 Å². The van der Waals surface area contributed by atoms with Gasteiger partial charge in [0, 0.05) is 19.1 Å². The average Bonchev–Trinajstić information content (AvgIpc) is 3.36. The van der Waals surface area contributed by atoms with Crippen molar-refractivity contribution in [2.45, 2.75) is 78.1 Å². The second-order valence-corrected chi connectivity index (χ2v) is 11.0.